The van der Waals surface area contributed by atoms with Gasteiger partial charge in [-0.25, -0.2) is 4.98 Å². The fraction of sp³-hybridized carbons (Fsp3) is 0.389. The molecule has 0 unspecified atom stereocenters. The van der Waals surface area contributed by atoms with Gasteiger partial charge in [-0.05, 0) is 18.1 Å². The van der Waals surface area contributed by atoms with Crippen LogP contribution in [-0.4, -0.2) is 39.9 Å². The average Bonchev–Trinajstić information content (AvgIpc) is 3.01. The van der Waals surface area contributed by atoms with Crippen LogP contribution in [0.2, 0.25) is 5.15 Å². The molecule has 2 atom stereocenters. The third kappa shape index (κ3) is 2.80. The van der Waals surface area contributed by atoms with Gasteiger partial charge >= 0.3 is 0 Å². The highest BCUT2D eigenvalue weighted by Crippen LogP contribution is 2.44. The van der Waals surface area contributed by atoms with Gasteiger partial charge in [0.2, 0.25) is 5.88 Å². The number of rotatable bonds is 4. The Labute approximate surface area is 151 Å². The van der Waals surface area contributed by atoms with Crippen LogP contribution in [-0.2, 0) is 0 Å². The summed E-state index contributed by atoms with van der Waals surface area (Å²) < 4.78 is 6.15. The Kier molecular flexibility index (Phi) is 4.00. The number of hydrogen-bond donors (Lipinski definition) is 1. The zero-order chi connectivity index (χ0) is 17.4. The van der Waals surface area contributed by atoms with E-state index in [0.717, 1.165) is 43.0 Å². The molecule has 0 bridgehead atoms. The van der Waals surface area contributed by atoms with Crippen molar-refractivity contribution < 1.29 is 4.74 Å². The number of pyridine rings is 1. The highest BCUT2D eigenvalue weighted by Gasteiger charge is 2.48. The summed E-state index contributed by atoms with van der Waals surface area (Å²) in [5, 5.41) is 11.9. The van der Waals surface area contributed by atoms with E-state index in [4.69, 9.17) is 16.3 Å². The van der Waals surface area contributed by atoms with Crippen LogP contribution in [0.3, 0.4) is 0 Å². The number of fused-ring (bicyclic) bond motifs is 3. The molecule has 4 heterocycles. The normalized spacial score (nSPS) is 24.2. The lowest BCUT2D eigenvalue weighted by Crippen LogP contribution is -2.52. The number of halogens is 1. The zero-order valence-corrected chi connectivity index (χ0v) is 14.8. The number of nitrogens with one attached hydrogen (secondary N) is 1. The second-order valence-corrected chi connectivity index (χ2v) is 6.91. The van der Waals surface area contributed by atoms with Gasteiger partial charge in [0.25, 0.3) is 0 Å². The fourth-order valence-corrected chi connectivity index (χ4v) is 3.89. The van der Waals surface area contributed by atoms with Gasteiger partial charge in [0.1, 0.15) is 6.10 Å². The van der Waals surface area contributed by atoms with Crippen molar-refractivity contribution in [2.24, 2.45) is 0 Å². The van der Waals surface area contributed by atoms with E-state index in [1.807, 2.05) is 18.2 Å². The molecular formula is C18H20ClN5O. The van der Waals surface area contributed by atoms with Crippen LogP contribution in [0.5, 0.6) is 5.88 Å². The highest BCUT2D eigenvalue weighted by atomic mass is 35.5. The van der Waals surface area contributed by atoms with Gasteiger partial charge in [-0.2, -0.15) is 0 Å². The average molecular weight is 358 g/mol. The molecule has 7 heteroatoms. The second-order valence-electron chi connectivity index (χ2n) is 6.52. The summed E-state index contributed by atoms with van der Waals surface area (Å²) in [7, 11) is 0. The molecule has 0 aliphatic carbocycles. The monoisotopic (exact) mass is 357 g/mol. The van der Waals surface area contributed by atoms with Crippen LogP contribution < -0.4 is 15.0 Å². The van der Waals surface area contributed by atoms with E-state index in [-0.39, 0.29) is 11.6 Å². The van der Waals surface area contributed by atoms with Crippen molar-refractivity contribution in [3.63, 3.8) is 0 Å². The van der Waals surface area contributed by atoms with Gasteiger partial charge in [0.15, 0.2) is 11.0 Å². The minimum absolute atomic E-state index is 0.00884. The fourth-order valence-electron chi connectivity index (χ4n) is 3.75. The Morgan fingerprint density at radius 3 is 3.08 bits per heavy atom. The molecule has 1 fully saturated rings. The topological polar surface area (TPSA) is 63.2 Å². The van der Waals surface area contributed by atoms with E-state index in [0.29, 0.717) is 11.0 Å². The van der Waals surface area contributed by atoms with E-state index >= 15 is 0 Å². The predicted octanol–water partition coefficient (Wildman–Crippen LogP) is 3.40. The van der Waals surface area contributed by atoms with Crippen LogP contribution in [0.15, 0.2) is 31.0 Å². The molecule has 25 heavy (non-hydrogen) atoms. The smallest absolute Gasteiger partial charge is 0.213 e. The van der Waals surface area contributed by atoms with Gasteiger partial charge in [-0.3, -0.25) is 0 Å². The lowest BCUT2D eigenvalue weighted by Gasteiger charge is -2.43. The Bertz CT molecular complexity index is 797. The number of aromatic nitrogens is 3. The molecule has 4 rings (SSSR count). The molecule has 0 saturated carbocycles. The van der Waals surface area contributed by atoms with Crippen LogP contribution in [0.1, 0.15) is 25.3 Å². The molecule has 0 radical (unpaired) electrons. The van der Waals surface area contributed by atoms with Gasteiger partial charge < -0.3 is 15.0 Å². The Morgan fingerprint density at radius 1 is 1.48 bits per heavy atom. The van der Waals surface area contributed by atoms with Gasteiger partial charge in [0.05, 0.1) is 17.8 Å². The maximum atomic E-state index is 6.15. The van der Waals surface area contributed by atoms with Crippen LogP contribution >= 0.6 is 11.6 Å². The summed E-state index contributed by atoms with van der Waals surface area (Å²) in [6.45, 7) is 7.54. The van der Waals surface area contributed by atoms with Crippen molar-refractivity contribution in [1.29, 1.82) is 0 Å². The second kappa shape index (κ2) is 6.19. The summed E-state index contributed by atoms with van der Waals surface area (Å²) >= 11 is 6.07. The van der Waals surface area contributed by atoms with E-state index in [2.05, 4.69) is 38.9 Å². The molecule has 2 aromatic rings. The molecule has 1 saturated heterocycles. The van der Waals surface area contributed by atoms with Crippen molar-refractivity contribution in [1.82, 2.24) is 15.2 Å². The van der Waals surface area contributed by atoms with Crippen molar-refractivity contribution in [3.05, 3.63) is 41.7 Å². The molecule has 0 aromatic carbocycles. The molecule has 2 aliphatic heterocycles. The van der Waals surface area contributed by atoms with Gasteiger partial charge in [0, 0.05) is 31.3 Å². The minimum Gasteiger partial charge on any atom is -0.472 e. The first-order chi connectivity index (χ1) is 12.1. The van der Waals surface area contributed by atoms with Crippen molar-refractivity contribution in [2.45, 2.75) is 31.4 Å². The molecule has 2 aromatic heterocycles. The third-order valence-electron chi connectivity index (χ3n) is 5.13. The number of hydrogen-bond acceptors (Lipinski definition) is 6. The van der Waals surface area contributed by atoms with E-state index < -0.39 is 0 Å². The molecule has 2 aliphatic rings. The van der Waals surface area contributed by atoms with Crippen LogP contribution in [0.4, 0.5) is 11.5 Å². The maximum absolute atomic E-state index is 6.15. The first kappa shape index (κ1) is 16.1. The molecule has 130 valence electrons. The van der Waals surface area contributed by atoms with Crippen molar-refractivity contribution >= 4 is 29.2 Å². The summed E-state index contributed by atoms with van der Waals surface area (Å²) in [4.78, 5) is 6.73. The molecular weight excluding hydrogens is 338 g/mol. The summed E-state index contributed by atoms with van der Waals surface area (Å²) in [5.41, 5.74) is 1.96. The SMILES string of the molecule is C=Cc1ccc(O[C@H]2CN3c4cc(Cl)nnc4NC[C@]3(CC)C2)nc1. The number of ether oxygens (including phenoxy) is 1. The molecule has 0 spiro atoms. The lowest BCUT2D eigenvalue weighted by molar-refractivity contribution is 0.202. The van der Waals surface area contributed by atoms with E-state index in [9.17, 15) is 0 Å². The summed E-state index contributed by atoms with van der Waals surface area (Å²) in [5.74, 6) is 1.42. The zero-order valence-electron chi connectivity index (χ0n) is 14.1. The number of anilines is 2. The van der Waals surface area contributed by atoms with Crippen molar-refractivity contribution in [3.8, 4) is 5.88 Å². The number of nitrogens with zero attached hydrogens (tertiary/aromatic N) is 4. The lowest BCUT2D eigenvalue weighted by atomic mass is 9.90. The van der Waals surface area contributed by atoms with Crippen LogP contribution in [0.25, 0.3) is 6.08 Å². The summed E-state index contributed by atoms with van der Waals surface area (Å²) in [6.07, 6.45) is 5.52. The Balaban J connectivity index is 1.59. The van der Waals surface area contributed by atoms with E-state index in [1.165, 1.54) is 0 Å². The predicted molar refractivity (Wildman–Crippen MR) is 99.3 cm³/mol. The standard InChI is InChI=1S/C18H20ClN5O/c1-3-12-5-6-16(20-9-12)25-13-8-18(4-2)11-21-17-14(24(18)10-13)7-15(19)22-23-17/h3,5-7,9,13H,1,4,8,10-11H2,2H3,(H,21,23)/t13-,18+/m1/s1. The van der Waals surface area contributed by atoms with Crippen LogP contribution in [0, 0.1) is 0 Å². The first-order valence-corrected chi connectivity index (χ1v) is 8.81. The minimum atomic E-state index is -0.00884. The Hall–Kier alpha value is -2.34. The quantitative estimate of drug-likeness (QED) is 0.904. The molecule has 6 nitrogen and oxygen atoms in total. The third-order valence-corrected chi connectivity index (χ3v) is 5.31. The van der Waals surface area contributed by atoms with Gasteiger partial charge in [-0.1, -0.05) is 31.2 Å². The Morgan fingerprint density at radius 2 is 2.36 bits per heavy atom. The maximum Gasteiger partial charge on any atom is 0.213 e. The summed E-state index contributed by atoms with van der Waals surface area (Å²) in [6, 6.07) is 5.72. The molecule has 1 N–H and O–H groups in total. The highest BCUT2D eigenvalue weighted by molar-refractivity contribution is 6.29. The van der Waals surface area contributed by atoms with E-state index in [1.54, 1.807) is 12.3 Å². The molecule has 0 amide bonds. The van der Waals surface area contributed by atoms with Crippen molar-refractivity contribution in [2.75, 3.05) is 23.3 Å². The first-order valence-electron chi connectivity index (χ1n) is 8.43. The largest absolute Gasteiger partial charge is 0.472 e. The van der Waals surface area contributed by atoms with Gasteiger partial charge in [-0.15, -0.1) is 10.2 Å².